The predicted octanol–water partition coefficient (Wildman–Crippen LogP) is 2.92. The van der Waals surface area contributed by atoms with Gasteiger partial charge in [0.15, 0.2) is 0 Å². The number of urea groups is 1. The first kappa shape index (κ1) is 17.9. The molecule has 0 aliphatic carbocycles. The molecule has 2 heterocycles. The molecule has 0 saturated heterocycles. The minimum absolute atomic E-state index is 0.172. The number of nitriles is 1. The van der Waals surface area contributed by atoms with E-state index in [0.717, 1.165) is 11.4 Å². The van der Waals surface area contributed by atoms with Gasteiger partial charge in [-0.15, -0.1) is 11.3 Å². The summed E-state index contributed by atoms with van der Waals surface area (Å²) in [6.45, 7) is 4.03. The highest BCUT2D eigenvalue weighted by atomic mass is 32.1. The Morgan fingerprint density at radius 2 is 2.08 bits per heavy atom. The maximum atomic E-state index is 12.6. The van der Waals surface area contributed by atoms with Gasteiger partial charge in [-0.25, -0.2) is 9.78 Å². The summed E-state index contributed by atoms with van der Waals surface area (Å²) in [6, 6.07) is 9.17. The van der Waals surface area contributed by atoms with Gasteiger partial charge < -0.3 is 15.1 Å². The number of aromatic nitrogens is 1. The first-order valence-electron chi connectivity index (χ1n) is 7.60. The number of carbonyl (C=O) groups excluding carboxylic acids is 1. The van der Waals surface area contributed by atoms with Gasteiger partial charge in [0, 0.05) is 22.8 Å². The second kappa shape index (κ2) is 8.43. The molecule has 0 saturated carbocycles. The monoisotopic (exact) mass is 343 g/mol. The number of hydrogen-bond acceptors (Lipinski definition) is 5. The number of anilines is 1. The predicted molar refractivity (Wildman–Crippen MR) is 96.0 cm³/mol. The van der Waals surface area contributed by atoms with Gasteiger partial charge in [-0.2, -0.15) is 5.26 Å². The number of rotatable bonds is 6. The van der Waals surface area contributed by atoms with Crippen molar-refractivity contribution in [3.63, 3.8) is 0 Å². The second-order valence-corrected chi connectivity index (χ2v) is 7.08. The van der Waals surface area contributed by atoms with Gasteiger partial charge in [-0.1, -0.05) is 0 Å². The fourth-order valence-electron chi connectivity index (χ4n) is 2.07. The van der Waals surface area contributed by atoms with Crippen LogP contribution < -0.4 is 5.32 Å². The van der Waals surface area contributed by atoms with Crippen molar-refractivity contribution in [2.75, 3.05) is 32.5 Å². The smallest absolute Gasteiger partial charge is 0.318 e. The highest BCUT2D eigenvalue weighted by molar-refractivity contribution is 7.11. The van der Waals surface area contributed by atoms with E-state index in [-0.39, 0.29) is 6.03 Å². The maximum Gasteiger partial charge on any atom is 0.322 e. The number of thiophene rings is 1. The molecule has 2 rings (SSSR count). The molecule has 0 unspecified atom stereocenters. The van der Waals surface area contributed by atoms with E-state index in [2.05, 4.69) is 29.4 Å². The molecule has 2 aromatic rings. The normalized spacial score (nSPS) is 10.5. The van der Waals surface area contributed by atoms with Gasteiger partial charge >= 0.3 is 6.03 Å². The van der Waals surface area contributed by atoms with Gasteiger partial charge in [0.2, 0.25) is 0 Å². The molecule has 6 nitrogen and oxygen atoms in total. The van der Waals surface area contributed by atoms with Crippen LogP contribution >= 0.6 is 11.3 Å². The van der Waals surface area contributed by atoms with Crippen LogP contribution in [0.5, 0.6) is 0 Å². The lowest BCUT2D eigenvalue weighted by atomic mass is 10.3. The molecule has 0 fully saturated rings. The first-order valence-corrected chi connectivity index (χ1v) is 8.41. The number of amides is 2. The SMILES string of the molecule is Cc1ccc(CN(CCN(C)C)C(=O)Nc2ccc(C#N)nc2)s1. The van der Waals surface area contributed by atoms with E-state index in [1.807, 2.05) is 25.1 Å². The van der Waals surface area contributed by atoms with E-state index in [1.54, 1.807) is 28.4 Å². The summed E-state index contributed by atoms with van der Waals surface area (Å²) < 4.78 is 0. The van der Waals surface area contributed by atoms with Gasteiger partial charge in [0.25, 0.3) is 0 Å². The summed E-state index contributed by atoms with van der Waals surface area (Å²) in [4.78, 5) is 22.8. The maximum absolute atomic E-state index is 12.6. The van der Waals surface area contributed by atoms with Crippen LogP contribution in [-0.2, 0) is 6.54 Å². The first-order chi connectivity index (χ1) is 11.5. The van der Waals surface area contributed by atoms with Gasteiger partial charge in [-0.3, -0.25) is 0 Å². The molecule has 2 aromatic heterocycles. The standard InChI is InChI=1S/C17H21N5OS/c1-13-4-7-16(24-13)12-22(9-8-21(2)3)17(23)20-15-6-5-14(10-18)19-11-15/h4-7,11H,8-9,12H2,1-3H3,(H,20,23). The average Bonchev–Trinajstić information content (AvgIpc) is 2.97. The minimum Gasteiger partial charge on any atom is -0.318 e. The van der Waals surface area contributed by atoms with Crippen LogP contribution in [0.1, 0.15) is 15.4 Å². The Morgan fingerprint density at radius 3 is 2.62 bits per heavy atom. The van der Waals surface area contributed by atoms with Crippen LogP contribution in [0.2, 0.25) is 0 Å². The summed E-state index contributed by atoms with van der Waals surface area (Å²) >= 11 is 1.70. The molecule has 1 N–H and O–H groups in total. The summed E-state index contributed by atoms with van der Waals surface area (Å²) in [5.74, 6) is 0. The van der Waals surface area contributed by atoms with Gasteiger partial charge in [0.1, 0.15) is 11.8 Å². The highest BCUT2D eigenvalue weighted by Gasteiger charge is 2.15. The Balaban J connectivity index is 2.05. The molecule has 0 bridgehead atoms. The number of likely N-dealkylation sites (N-methyl/N-ethyl adjacent to an activating group) is 1. The molecule has 0 radical (unpaired) electrons. The van der Waals surface area contributed by atoms with Crippen molar-refractivity contribution in [1.29, 1.82) is 5.26 Å². The third-order valence-corrected chi connectivity index (χ3v) is 4.36. The number of carbonyl (C=O) groups is 1. The lowest BCUT2D eigenvalue weighted by molar-refractivity contribution is 0.203. The second-order valence-electron chi connectivity index (χ2n) is 5.71. The molecule has 0 aliphatic rings. The van der Waals surface area contributed by atoms with Crippen LogP contribution in [0, 0.1) is 18.3 Å². The number of nitrogens with zero attached hydrogens (tertiary/aromatic N) is 4. The van der Waals surface area contributed by atoms with Crippen LogP contribution in [0.15, 0.2) is 30.5 Å². The largest absolute Gasteiger partial charge is 0.322 e. The van der Waals surface area contributed by atoms with E-state index < -0.39 is 0 Å². The van der Waals surface area contributed by atoms with E-state index in [9.17, 15) is 4.79 Å². The molecule has 2 amide bonds. The molecule has 0 atom stereocenters. The Hall–Kier alpha value is -2.43. The molecule has 126 valence electrons. The van der Waals surface area contributed by atoms with Crippen molar-refractivity contribution in [1.82, 2.24) is 14.8 Å². The zero-order valence-electron chi connectivity index (χ0n) is 14.1. The lowest BCUT2D eigenvalue weighted by Gasteiger charge is -2.24. The van der Waals surface area contributed by atoms with Crippen molar-refractivity contribution in [2.45, 2.75) is 13.5 Å². The summed E-state index contributed by atoms with van der Waals surface area (Å²) in [7, 11) is 3.96. The molecular formula is C17H21N5OS. The lowest BCUT2D eigenvalue weighted by Crippen LogP contribution is -2.38. The highest BCUT2D eigenvalue weighted by Crippen LogP contribution is 2.18. The number of aryl methyl sites for hydroxylation is 1. The molecule has 0 aromatic carbocycles. The van der Waals surface area contributed by atoms with Crippen molar-refractivity contribution >= 4 is 23.1 Å². The van der Waals surface area contributed by atoms with E-state index in [1.165, 1.54) is 11.1 Å². The fraction of sp³-hybridized carbons (Fsp3) is 0.353. The van der Waals surface area contributed by atoms with Crippen molar-refractivity contribution in [3.8, 4) is 6.07 Å². The molecule has 24 heavy (non-hydrogen) atoms. The average molecular weight is 343 g/mol. The zero-order chi connectivity index (χ0) is 17.5. The van der Waals surface area contributed by atoms with Crippen LogP contribution in [-0.4, -0.2) is 48.0 Å². The Labute approximate surface area is 146 Å². The van der Waals surface area contributed by atoms with Crippen LogP contribution in [0.4, 0.5) is 10.5 Å². The molecule has 7 heteroatoms. The Kier molecular flexibility index (Phi) is 6.29. The molecule has 0 aliphatic heterocycles. The Morgan fingerprint density at radius 1 is 1.29 bits per heavy atom. The topological polar surface area (TPSA) is 72.3 Å². The minimum atomic E-state index is -0.172. The van der Waals surface area contributed by atoms with E-state index >= 15 is 0 Å². The van der Waals surface area contributed by atoms with E-state index in [4.69, 9.17) is 5.26 Å². The summed E-state index contributed by atoms with van der Waals surface area (Å²) in [5.41, 5.74) is 0.905. The van der Waals surface area contributed by atoms with Crippen molar-refractivity contribution < 1.29 is 4.79 Å². The quantitative estimate of drug-likeness (QED) is 0.875. The van der Waals surface area contributed by atoms with Crippen LogP contribution in [0.25, 0.3) is 0 Å². The fourth-order valence-corrected chi connectivity index (χ4v) is 2.97. The Bertz CT molecular complexity index is 717. The number of pyridine rings is 1. The number of nitrogens with one attached hydrogen (secondary N) is 1. The summed E-state index contributed by atoms with van der Waals surface area (Å²) in [6.07, 6.45) is 1.50. The third kappa shape index (κ3) is 5.33. The molecule has 0 spiro atoms. The number of hydrogen-bond donors (Lipinski definition) is 1. The van der Waals surface area contributed by atoms with Crippen LogP contribution in [0.3, 0.4) is 0 Å². The van der Waals surface area contributed by atoms with E-state index in [0.29, 0.717) is 24.5 Å². The van der Waals surface area contributed by atoms with Crippen molar-refractivity contribution in [2.24, 2.45) is 0 Å². The summed E-state index contributed by atoms with van der Waals surface area (Å²) in [5, 5.41) is 11.6. The van der Waals surface area contributed by atoms with Crippen molar-refractivity contribution in [3.05, 3.63) is 45.9 Å². The van der Waals surface area contributed by atoms with Gasteiger partial charge in [-0.05, 0) is 45.3 Å². The van der Waals surface area contributed by atoms with Gasteiger partial charge in [0.05, 0.1) is 18.4 Å². The third-order valence-electron chi connectivity index (χ3n) is 3.38. The zero-order valence-corrected chi connectivity index (χ0v) is 14.9. The molecular weight excluding hydrogens is 322 g/mol.